The molecule has 1 unspecified atom stereocenters. The van der Waals surface area contributed by atoms with Crippen LogP contribution in [0.4, 0.5) is 0 Å². The third-order valence-corrected chi connectivity index (χ3v) is 4.15. The monoisotopic (exact) mass is 345 g/mol. The highest BCUT2D eigenvalue weighted by Crippen LogP contribution is 2.28. The molecule has 5 heteroatoms. The Bertz CT molecular complexity index is 745. The Labute approximate surface area is 146 Å². The second kappa shape index (κ2) is 7.71. The Kier molecular flexibility index (Phi) is 5.41. The van der Waals surface area contributed by atoms with Crippen LogP contribution in [-0.4, -0.2) is 31.9 Å². The standard InChI is InChI=1S/C19H20ClNO3/c1-23-17-4-2-3-14(9-17)18(22)11-21-10-13-7-15-8-16(20)5-6-19(15)24-12-13/h2-9,18,21-22H,10-12H2,1H3. The van der Waals surface area contributed by atoms with Gasteiger partial charge in [0.15, 0.2) is 0 Å². The molecule has 1 atom stereocenters. The van der Waals surface area contributed by atoms with Gasteiger partial charge < -0.3 is 19.9 Å². The first-order valence-electron chi connectivity index (χ1n) is 7.80. The highest BCUT2D eigenvalue weighted by Gasteiger charge is 2.13. The molecule has 3 rings (SSSR count). The first-order chi connectivity index (χ1) is 11.7. The molecule has 0 saturated heterocycles. The number of aliphatic hydroxyl groups is 1. The van der Waals surface area contributed by atoms with E-state index in [2.05, 4.69) is 11.4 Å². The molecule has 126 valence electrons. The summed E-state index contributed by atoms with van der Waals surface area (Å²) in [5.41, 5.74) is 2.93. The van der Waals surface area contributed by atoms with Crippen molar-refractivity contribution in [3.05, 3.63) is 64.2 Å². The largest absolute Gasteiger partial charge is 0.497 e. The van der Waals surface area contributed by atoms with E-state index >= 15 is 0 Å². The lowest BCUT2D eigenvalue weighted by molar-refractivity contribution is 0.175. The van der Waals surface area contributed by atoms with E-state index in [1.165, 1.54) is 0 Å². The lowest BCUT2D eigenvalue weighted by atomic mass is 10.1. The maximum absolute atomic E-state index is 10.3. The predicted molar refractivity (Wildman–Crippen MR) is 95.7 cm³/mol. The quantitative estimate of drug-likeness (QED) is 0.842. The molecule has 0 saturated carbocycles. The number of hydrogen-bond donors (Lipinski definition) is 2. The van der Waals surface area contributed by atoms with Gasteiger partial charge in [0.25, 0.3) is 0 Å². The minimum atomic E-state index is -0.591. The fraction of sp³-hybridized carbons (Fsp3) is 0.263. The summed E-state index contributed by atoms with van der Waals surface area (Å²) < 4.78 is 10.9. The summed E-state index contributed by atoms with van der Waals surface area (Å²) >= 11 is 6.02. The number of hydrogen-bond acceptors (Lipinski definition) is 4. The highest BCUT2D eigenvalue weighted by molar-refractivity contribution is 6.30. The smallest absolute Gasteiger partial charge is 0.127 e. The Morgan fingerprint density at radius 3 is 3.00 bits per heavy atom. The van der Waals surface area contributed by atoms with E-state index in [4.69, 9.17) is 21.1 Å². The number of nitrogens with one attached hydrogen (secondary N) is 1. The van der Waals surface area contributed by atoms with Crippen molar-refractivity contribution in [2.45, 2.75) is 6.10 Å². The Morgan fingerprint density at radius 1 is 1.29 bits per heavy atom. The first kappa shape index (κ1) is 16.8. The summed E-state index contributed by atoms with van der Waals surface area (Å²) in [7, 11) is 1.61. The minimum absolute atomic E-state index is 0.451. The second-order valence-electron chi connectivity index (χ2n) is 5.70. The van der Waals surface area contributed by atoms with Crippen molar-refractivity contribution in [1.82, 2.24) is 5.32 Å². The SMILES string of the molecule is COc1cccc(C(O)CNCC2=Cc3cc(Cl)ccc3OC2)c1. The molecule has 0 aromatic heterocycles. The molecule has 2 N–H and O–H groups in total. The van der Waals surface area contributed by atoms with Crippen LogP contribution in [0.15, 0.2) is 48.0 Å². The van der Waals surface area contributed by atoms with Crippen LogP contribution >= 0.6 is 11.6 Å². The number of aliphatic hydroxyl groups excluding tert-OH is 1. The third kappa shape index (κ3) is 4.09. The summed E-state index contributed by atoms with van der Waals surface area (Å²) in [4.78, 5) is 0. The van der Waals surface area contributed by atoms with E-state index < -0.39 is 6.10 Å². The van der Waals surface area contributed by atoms with Gasteiger partial charge in [-0.25, -0.2) is 0 Å². The number of halogens is 1. The van der Waals surface area contributed by atoms with Crippen molar-refractivity contribution in [3.8, 4) is 11.5 Å². The van der Waals surface area contributed by atoms with Crippen LogP contribution in [0.25, 0.3) is 6.08 Å². The van der Waals surface area contributed by atoms with Crippen molar-refractivity contribution in [1.29, 1.82) is 0 Å². The van der Waals surface area contributed by atoms with Crippen LogP contribution in [0.2, 0.25) is 5.02 Å². The molecule has 1 heterocycles. The maximum atomic E-state index is 10.3. The van der Waals surface area contributed by atoms with Gasteiger partial charge in [-0.15, -0.1) is 0 Å². The van der Waals surface area contributed by atoms with Gasteiger partial charge >= 0.3 is 0 Å². The van der Waals surface area contributed by atoms with Gasteiger partial charge in [0.2, 0.25) is 0 Å². The third-order valence-electron chi connectivity index (χ3n) is 3.91. The van der Waals surface area contributed by atoms with Gasteiger partial charge in [-0.05, 0) is 47.5 Å². The zero-order chi connectivity index (χ0) is 16.9. The van der Waals surface area contributed by atoms with Crippen LogP contribution in [-0.2, 0) is 0 Å². The van der Waals surface area contributed by atoms with Crippen molar-refractivity contribution in [2.24, 2.45) is 0 Å². The van der Waals surface area contributed by atoms with E-state index in [1.54, 1.807) is 7.11 Å². The number of rotatable bonds is 6. The molecule has 24 heavy (non-hydrogen) atoms. The van der Waals surface area contributed by atoms with E-state index in [9.17, 15) is 5.11 Å². The Hall–Kier alpha value is -2.01. The fourth-order valence-electron chi connectivity index (χ4n) is 2.63. The average Bonchev–Trinajstić information content (AvgIpc) is 2.61. The van der Waals surface area contributed by atoms with E-state index in [0.717, 1.165) is 28.2 Å². The molecule has 0 radical (unpaired) electrons. The van der Waals surface area contributed by atoms with Crippen LogP contribution < -0.4 is 14.8 Å². The predicted octanol–water partition coefficient (Wildman–Crippen LogP) is 3.45. The average molecular weight is 346 g/mol. The fourth-order valence-corrected chi connectivity index (χ4v) is 2.81. The molecule has 2 aromatic carbocycles. The second-order valence-corrected chi connectivity index (χ2v) is 6.13. The molecule has 0 spiro atoms. The lowest BCUT2D eigenvalue weighted by Crippen LogP contribution is -2.26. The van der Waals surface area contributed by atoms with Gasteiger partial charge in [0, 0.05) is 23.7 Å². The topological polar surface area (TPSA) is 50.7 Å². The van der Waals surface area contributed by atoms with Gasteiger partial charge in [-0.2, -0.15) is 0 Å². The molecule has 0 aliphatic carbocycles. The molecule has 2 aromatic rings. The summed E-state index contributed by atoms with van der Waals surface area (Å²) in [5.74, 6) is 1.59. The van der Waals surface area contributed by atoms with Crippen molar-refractivity contribution in [2.75, 3.05) is 26.8 Å². The Morgan fingerprint density at radius 2 is 2.17 bits per heavy atom. The van der Waals surface area contributed by atoms with Crippen LogP contribution in [0.3, 0.4) is 0 Å². The molecule has 0 fully saturated rings. The lowest BCUT2D eigenvalue weighted by Gasteiger charge is -2.19. The summed E-state index contributed by atoms with van der Waals surface area (Å²) in [6.07, 6.45) is 1.49. The van der Waals surface area contributed by atoms with Crippen molar-refractivity contribution < 1.29 is 14.6 Å². The van der Waals surface area contributed by atoms with E-state index in [0.29, 0.717) is 24.7 Å². The zero-order valence-corrected chi connectivity index (χ0v) is 14.2. The first-order valence-corrected chi connectivity index (χ1v) is 8.18. The summed E-state index contributed by atoms with van der Waals surface area (Å²) in [5, 5.41) is 14.2. The molecule has 0 bridgehead atoms. The summed E-state index contributed by atoms with van der Waals surface area (Å²) in [6.45, 7) is 1.64. The van der Waals surface area contributed by atoms with Gasteiger partial charge in [0.1, 0.15) is 18.1 Å². The molecule has 4 nitrogen and oxygen atoms in total. The van der Waals surface area contributed by atoms with Crippen LogP contribution in [0, 0.1) is 0 Å². The van der Waals surface area contributed by atoms with E-state index in [1.807, 2.05) is 42.5 Å². The normalized spacial score (nSPS) is 14.4. The zero-order valence-electron chi connectivity index (χ0n) is 13.5. The maximum Gasteiger partial charge on any atom is 0.127 e. The Balaban J connectivity index is 1.56. The minimum Gasteiger partial charge on any atom is -0.497 e. The van der Waals surface area contributed by atoms with Crippen LogP contribution in [0.1, 0.15) is 17.2 Å². The highest BCUT2D eigenvalue weighted by atomic mass is 35.5. The molecular weight excluding hydrogens is 326 g/mol. The van der Waals surface area contributed by atoms with Gasteiger partial charge in [-0.1, -0.05) is 23.7 Å². The molecule has 1 aliphatic heterocycles. The molecule has 0 amide bonds. The van der Waals surface area contributed by atoms with Gasteiger partial charge in [0.05, 0.1) is 13.2 Å². The van der Waals surface area contributed by atoms with E-state index in [-0.39, 0.29) is 0 Å². The van der Waals surface area contributed by atoms with Crippen molar-refractivity contribution >= 4 is 17.7 Å². The molecule has 1 aliphatic rings. The van der Waals surface area contributed by atoms with Crippen molar-refractivity contribution in [3.63, 3.8) is 0 Å². The van der Waals surface area contributed by atoms with Crippen LogP contribution in [0.5, 0.6) is 11.5 Å². The number of ether oxygens (including phenoxy) is 2. The number of methoxy groups -OCH3 is 1. The number of benzene rings is 2. The summed E-state index contributed by atoms with van der Waals surface area (Å²) in [6, 6.07) is 13.0. The number of fused-ring (bicyclic) bond motifs is 1. The molecular formula is C19H20ClNO3. The van der Waals surface area contributed by atoms with Gasteiger partial charge in [-0.3, -0.25) is 0 Å².